The van der Waals surface area contributed by atoms with E-state index in [4.69, 9.17) is 89.7 Å². The van der Waals surface area contributed by atoms with Crippen LogP contribution in [0.15, 0.2) is 0 Å². The van der Waals surface area contributed by atoms with Gasteiger partial charge in [0.25, 0.3) is 0 Å². The Morgan fingerprint density at radius 2 is 0.286 bits per heavy atom. The largest absolute Gasteiger partial charge is 0.502 e. The van der Waals surface area contributed by atoms with Gasteiger partial charge in [0.2, 0.25) is 0 Å². The van der Waals surface area contributed by atoms with Gasteiger partial charge in [0.1, 0.15) is 0 Å². The quantitative estimate of drug-likeness (QED) is 0.0215. The van der Waals surface area contributed by atoms with Crippen LogP contribution in [0.5, 0.6) is 0 Å². The van der Waals surface area contributed by atoms with Crippen LogP contribution in [0.25, 0.3) is 0 Å². The minimum absolute atomic E-state index is 0.180. The number of hydrogen-bond acceptors (Lipinski definition) is 8. The molecule has 0 aliphatic rings. The Morgan fingerprint density at radius 3 is 0.362 bits per heavy atom. The molecule has 8 nitrogen and oxygen atoms in total. The predicted octanol–water partition coefficient (Wildman–Crippen LogP) is 32.1. The Kier molecular flexibility index (Phi) is 105. The Balaban J connectivity index is -0.000000406. The molecule has 0 rings (SSSR count). The molecule has 0 aliphatic heterocycles. The van der Waals surface area contributed by atoms with Crippen LogP contribution in [-0.2, 0) is 0 Å². The van der Waals surface area contributed by atoms with Crippen LogP contribution in [0, 0.1) is 29.1 Å². The van der Waals surface area contributed by atoms with E-state index < -0.39 is 31.8 Å². The highest BCUT2D eigenvalue weighted by Crippen LogP contribution is 2.23. The van der Waals surface area contributed by atoms with Crippen molar-refractivity contribution >= 4 is 69.1 Å². The zero-order chi connectivity index (χ0) is 78.9. The predicted molar refractivity (Wildman–Crippen MR) is 483 cm³/mol. The Labute approximate surface area is 678 Å². The number of thiocarbonyl (C=S) groups is 4. The first kappa shape index (κ1) is 113. The molecule has 4 atom stereocenters. The maximum atomic E-state index is 9.09. The molecule has 0 aromatic carbocycles. The summed E-state index contributed by atoms with van der Waals surface area (Å²) in [6.45, 7) is 16.3. The molecule has 0 bridgehead atoms. The molecular formula is C93H188O8S4. The van der Waals surface area contributed by atoms with E-state index >= 15 is 0 Å². The van der Waals surface area contributed by atoms with Crippen molar-refractivity contribution < 1.29 is 40.9 Å². The van der Waals surface area contributed by atoms with Gasteiger partial charge in [-0.2, -0.15) is 0 Å². The van der Waals surface area contributed by atoms with Gasteiger partial charge < -0.3 is 40.9 Å². The number of hydrogen-bond donors (Lipinski definition) is 8. The van der Waals surface area contributed by atoms with Crippen LogP contribution in [0.3, 0.4) is 0 Å². The highest BCUT2D eigenvalue weighted by atomic mass is 32.1. The van der Waals surface area contributed by atoms with Gasteiger partial charge in [-0.3, -0.25) is 0 Å². The molecule has 12 heteroatoms. The molecule has 632 valence electrons. The fourth-order valence-electron chi connectivity index (χ4n) is 14.1. The maximum absolute atomic E-state index is 9.09. The van der Waals surface area contributed by atoms with Crippen molar-refractivity contribution in [2.45, 2.75) is 518 Å². The van der Waals surface area contributed by atoms with Crippen molar-refractivity contribution in [3.63, 3.8) is 0 Å². The van der Waals surface area contributed by atoms with E-state index in [1.54, 1.807) is 0 Å². The van der Waals surface area contributed by atoms with Gasteiger partial charge in [-0.15, -0.1) is 0 Å². The molecule has 0 aliphatic carbocycles. The fraction of sp³-hybridized carbons (Fsp3) is 0.957. The summed E-state index contributed by atoms with van der Waals surface area (Å²) in [5, 5.41) is 71.1. The average Bonchev–Trinajstić information content (AvgIpc) is 1.02. The van der Waals surface area contributed by atoms with Gasteiger partial charge in [-0.25, -0.2) is 0 Å². The first-order chi connectivity index (χ1) is 50.9. The molecule has 0 amide bonds. The molecular weight excluding hydrogens is 1370 g/mol. The zero-order valence-electron chi connectivity index (χ0n) is 71.8. The summed E-state index contributed by atoms with van der Waals surface area (Å²) in [7, 11) is 0. The zero-order valence-corrected chi connectivity index (χ0v) is 75.0. The van der Waals surface area contributed by atoms with Crippen LogP contribution >= 0.6 is 48.9 Å². The molecule has 0 fully saturated rings. The van der Waals surface area contributed by atoms with Crippen LogP contribution in [0.4, 0.5) is 0 Å². The molecule has 4 unspecified atom stereocenters. The monoisotopic (exact) mass is 1560 g/mol. The van der Waals surface area contributed by atoms with Crippen LogP contribution in [0.2, 0.25) is 0 Å². The smallest absolute Gasteiger partial charge is 0.156 e. The first-order valence-electron chi connectivity index (χ1n) is 46.2. The number of unbranched alkanes of at least 4 members (excludes halogenated alkanes) is 60. The molecule has 0 radical (unpaired) electrons. The number of rotatable bonds is 80. The molecule has 0 aromatic rings. The van der Waals surface area contributed by atoms with E-state index in [9.17, 15) is 0 Å². The lowest BCUT2D eigenvalue weighted by atomic mass is 9.93. The number of aliphatic hydroxyl groups is 8. The van der Waals surface area contributed by atoms with Gasteiger partial charge >= 0.3 is 0 Å². The topological polar surface area (TPSA) is 162 Å². The molecule has 0 heterocycles. The summed E-state index contributed by atoms with van der Waals surface area (Å²) in [6.07, 6.45) is 98.5. The van der Waals surface area contributed by atoms with Crippen molar-refractivity contribution in [3.8, 4) is 0 Å². The first-order valence-corrected chi connectivity index (χ1v) is 47.8. The summed E-state index contributed by atoms with van der Waals surface area (Å²) in [5.74, 6) is 2.20. The SMILES string of the molecule is CCCCCCCCCCCCCCCCCCC(C)CC(O)=S.CCCCCCCCCCCCCCCCCCC(C)CC(O)=S.CCCCCCCCCCCCCCCCCCC(C)CC(O)=S.CCCCCCCCCCCCCCCCCCC(C)CC(O)=S.OCC(CO)(CO)CO. The molecule has 8 N–H and O–H groups in total. The second-order valence-electron chi connectivity index (χ2n) is 33.3. The van der Waals surface area contributed by atoms with Crippen LogP contribution in [-0.4, -0.2) is 87.5 Å². The van der Waals surface area contributed by atoms with E-state index in [1.807, 2.05) is 0 Å². The highest BCUT2D eigenvalue weighted by Gasteiger charge is 2.26. The van der Waals surface area contributed by atoms with Gasteiger partial charge in [-0.05, 0) is 72.5 Å². The van der Waals surface area contributed by atoms with Gasteiger partial charge in [0.05, 0.1) is 31.8 Å². The third-order valence-electron chi connectivity index (χ3n) is 21.6. The van der Waals surface area contributed by atoms with E-state index in [2.05, 4.69) is 55.4 Å². The summed E-state index contributed by atoms with van der Waals surface area (Å²) in [5.41, 5.74) is -1.11. The fourth-order valence-corrected chi connectivity index (χ4v) is 15.2. The molecule has 0 saturated heterocycles. The van der Waals surface area contributed by atoms with Crippen molar-refractivity contribution in [1.29, 1.82) is 0 Å². The van der Waals surface area contributed by atoms with Gasteiger partial charge in [0.15, 0.2) is 20.2 Å². The highest BCUT2D eigenvalue weighted by molar-refractivity contribution is 7.80. The van der Waals surface area contributed by atoms with Crippen molar-refractivity contribution in [2.24, 2.45) is 29.1 Å². The van der Waals surface area contributed by atoms with E-state index in [1.165, 1.54) is 437 Å². The summed E-state index contributed by atoms with van der Waals surface area (Å²) < 4.78 is 0. The summed E-state index contributed by atoms with van der Waals surface area (Å²) in [6, 6.07) is 0. The van der Waals surface area contributed by atoms with Crippen molar-refractivity contribution in [1.82, 2.24) is 0 Å². The summed E-state index contributed by atoms with van der Waals surface area (Å²) in [4.78, 5) is 0. The Hall–Kier alpha value is -0.600. The lowest BCUT2D eigenvalue weighted by Gasteiger charge is -2.23. The summed E-state index contributed by atoms with van der Waals surface area (Å²) >= 11 is 19.0. The van der Waals surface area contributed by atoms with E-state index in [0.29, 0.717) is 49.4 Å². The third kappa shape index (κ3) is 108. The normalized spacial score (nSPS) is 12.4. The third-order valence-corrected chi connectivity index (χ3v) is 22.3. The van der Waals surface area contributed by atoms with Crippen LogP contribution < -0.4 is 0 Å². The molecule has 0 aromatic heterocycles. The minimum Gasteiger partial charge on any atom is -0.502 e. The minimum atomic E-state index is -1.11. The standard InChI is InChI=1S/4C22H44OS.C5H12O4/c4*1-3-4-5-6-7-8-9-10-11-12-13-14-15-16-17-18-19-21(2)20-22(23)24;6-1-5(2-7,3-8)4-9/h4*21H,3-20H2,1-2H3,(H,23,24);6-9H,1-4H2. The van der Waals surface area contributed by atoms with E-state index in [0.717, 1.165) is 0 Å². The molecule has 0 saturated carbocycles. The van der Waals surface area contributed by atoms with Gasteiger partial charge in [-0.1, -0.05) is 492 Å². The maximum Gasteiger partial charge on any atom is 0.156 e. The van der Waals surface area contributed by atoms with Crippen LogP contribution in [0.1, 0.15) is 518 Å². The van der Waals surface area contributed by atoms with E-state index in [-0.39, 0.29) is 20.2 Å². The Bertz CT molecular complexity index is 1430. The van der Waals surface area contributed by atoms with Gasteiger partial charge in [0, 0.05) is 25.7 Å². The second kappa shape index (κ2) is 97.6. The molecule has 105 heavy (non-hydrogen) atoms. The lowest BCUT2D eigenvalue weighted by molar-refractivity contribution is -0.0328. The second-order valence-corrected chi connectivity index (χ2v) is 35.2. The number of aliphatic hydroxyl groups excluding tert-OH is 8. The van der Waals surface area contributed by atoms with Crippen molar-refractivity contribution in [2.75, 3.05) is 26.4 Å². The lowest BCUT2D eigenvalue weighted by Crippen LogP contribution is -2.37. The average molecular weight is 1560 g/mol. The Morgan fingerprint density at radius 1 is 0.190 bits per heavy atom. The molecule has 0 spiro atoms. The van der Waals surface area contributed by atoms with Crippen molar-refractivity contribution in [3.05, 3.63) is 0 Å².